The largest absolute Gasteiger partial charge is 0.363 e. The summed E-state index contributed by atoms with van der Waals surface area (Å²) in [7, 11) is -4.39. The normalized spacial score (nSPS) is 15.1. The fourth-order valence-electron chi connectivity index (χ4n) is 2.46. The molecule has 0 bridgehead atoms. The summed E-state index contributed by atoms with van der Waals surface area (Å²) in [4.78, 5) is 17.9. The number of sulfonamides is 1. The third-order valence-corrected chi connectivity index (χ3v) is 5.55. The number of carbonyl (C=O) groups excluding carboxylic acids is 1. The molecule has 1 amide bonds. The monoisotopic (exact) mass is 354 g/mol. The quantitative estimate of drug-likeness (QED) is 0.869. The molecule has 2 N–H and O–H groups in total. The van der Waals surface area contributed by atoms with Crippen molar-refractivity contribution in [2.75, 3.05) is 6.54 Å². The zero-order chi connectivity index (χ0) is 17.5. The van der Waals surface area contributed by atoms with E-state index in [9.17, 15) is 22.0 Å². The molecular formula is C14H12F2N4O3S. The molecule has 3 rings (SSSR count). The van der Waals surface area contributed by atoms with Gasteiger partial charge >= 0.3 is 0 Å². The van der Waals surface area contributed by atoms with Crippen LogP contribution in [0, 0.1) is 11.6 Å². The van der Waals surface area contributed by atoms with Crippen LogP contribution >= 0.6 is 0 Å². The molecule has 2 aromatic rings. The number of amides is 1. The summed E-state index contributed by atoms with van der Waals surface area (Å²) in [5.74, 6) is -3.43. The second kappa shape index (κ2) is 5.87. The maximum atomic E-state index is 13.8. The van der Waals surface area contributed by atoms with Crippen LogP contribution in [-0.2, 0) is 23.0 Å². The van der Waals surface area contributed by atoms with Crippen LogP contribution in [0.5, 0.6) is 0 Å². The number of halogens is 2. The predicted molar refractivity (Wildman–Crippen MR) is 78.2 cm³/mol. The fraction of sp³-hybridized carbons (Fsp3) is 0.214. The predicted octanol–water partition coefficient (Wildman–Crippen LogP) is 0.601. The second-order valence-electron chi connectivity index (χ2n) is 5.17. The Balaban J connectivity index is 2.00. The van der Waals surface area contributed by atoms with Gasteiger partial charge in [-0.1, -0.05) is 6.07 Å². The van der Waals surface area contributed by atoms with Gasteiger partial charge in [0.05, 0.1) is 12.2 Å². The van der Waals surface area contributed by atoms with Crippen molar-refractivity contribution in [2.45, 2.75) is 17.9 Å². The molecule has 7 nitrogen and oxygen atoms in total. The van der Waals surface area contributed by atoms with Crippen LogP contribution in [0.25, 0.3) is 0 Å². The Hall–Kier alpha value is -2.46. The summed E-state index contributed by atoms with van der Waals surface area (Å²) in [6.45, 7) is -0.212. The van der Waals surface area contributed by atoms with Crippen molar-refractivity contribution in [2.24, 2.45) is 5.73 Å². The number of rotatable bonds is 3. The number of fused-ring (bicyclic) bond motifs is 1. The SMILES string of the molecule is NC(=O)c1ncc2c(n1)CN(S(=O)(=O)c1c(F)cccc1F)CC2. The third kappa shape index (κ3) is 2.74. The molecule has 0 saturated heterocycles. The van der Waals surface area contributed by atoms with Crippen LogP contribution in [-0.4, -0.2) is 35.1 Å². The van der Waals surface area contributed by atoms with Crippen molar-refractivity contribution in [1.82, 2.24) is 14.3 Å². The first-order valence-corrected chi connectivity index (χ1v) is 8.33. The van der Waals surface area contributed by atoms with Crippen molar-refractivity contribution in [3.05, 3.63) is 53.1 Å². The van der Waals surface area contributed by atoms with Crippen LogP contribution in [0.15, 0.2) is 29.3 Å². The Morgan fingerprint density at radius 1 is 1.25 bits per heavy atom. The Morgan fingerprint density at radius 3 is 2.54 bits per heavy atom. The van der Waals surface area contributed by atoms with Gasteiger partial charge in [-0.15, -0.1) is 0 Å². The van der Waals surface area contributed by atoms with Crippen LogP contribution < -0.4 is 5.73 Å². The van der Waals surface area contributed by atoms with Crippen LogP contribution in [0.3, 0.4) is 0 Å². The lowest BCUT2D eigenvalue weighted by atomic mass is 10.1. The van der Waals surface area contributed by atoms with Crippen molar-refractivity contribution in [3.8, 4) is 0 Å². The summed E-state index contributed by atoms with van der Waals surface area (Å²) in [6, 6.07) is 2.84. The van der Waals surface area contributed by atoms with E-state index in [1.165, 1.54) is 6.20 Å². The van der Waals surface area contributed by atoms with Gasteiger partial charge in [-0.25, -0.2) is 27.2 Å². The molecule has 0 fully saturated rings. The number of benzene rings is 1. The number of hydrogen-bond donors (Lipinski definition) is 1. The summed E-state index contributed by atoms with van der Waals surface area (Å²) >= 11 is 0. The second-order valence-corrected chi connectivity index (χ2v) is 7.04. The molecule has 10 heteroatoms. The van der Waals surface area contributed by atoms with Crippen molar-refractivity contribution in [3.63, 3.8) is 0 Å². The Bertz CT molecular complexity index is 913. The highest BCUT2D eigenvalue weighted by molar-refractivity contribution is 7.89. The molecule has 1 aromatic heterocycles. The van der Waals surface area contributed by atoms with Gasteiger partial charge < -0.3 is 5.73 Å². The van der Waals surface area contributed by atoms with Gasteiger partial charge in [0.25, 0.3) is 5.91 Å². The van der Waals surface area contributed by atoms with Crippen molar-refractivity contribution in [1.29, 1.82) is 0 Å². The minimum atomic E-state index is -4.39. The number of nitrogens with zero attached hydrogens (tertiary/aromatic N) is 3. The lowest BCUT2D eigenvalue weighted by molar-refractivity contribution is 0.0990. The highest BCUT2D eigenvalue weighted by atomic mass is 32.2. The average molecular weight is 354 g/mol. The molecule has 1 aromatic carbocycles. The van der Waals surface area contributed by atoms with Crippen LogP contribution in [0.4, 0.5) is 8.78 Å². The van der Waals surface area contributed by atoms with Gasteiger partial charge in [0.2, 0.25) is 15.8 Å². The first kappa shape index (κ1) is 16.4. The van der Waals surface area contributed by atoms with E-state index in [0.717, 1.165) is 22.5 Å². The first-order valence-electron chi connectivity index (χ1n) is 6.89. The maximum absolute atomic E-state index is 13.8. The number of primary amides is 1. The molecule has 0 spiro atoms. The number of nitrogens with two attached hydrogens (primary N) is 1. The average Bonchev–Trinajstić information content (AvgIpc) is 2.53. The van der Waals surface area contributed by atoms with E-state index < -0.39 is 32.5 Å². The molecule has 2 heterocycles. The zero-order valence-electron chi connectivity index (χ0n) is 12.2. The number of aromatic nitrogens is 2. The molecular weight excluding hydrogens is 342 g/mol. The van der Waals surface area contributed by atoms with Gasteiger partial charge in [-0.2, -0.15) is 4.31 Å². The Morgan fingerprint density at radius 2 is 1.92 bits per heavy atom. The maximum Gasteiger partial charge on any atom is 0.286 e. The molecule has 24 heavy (non-hydrogen) atoms. The summed E-state index contributed by atoms with van der Waals surface area (Å²) in [5, 5.41) is 0. The van der Waals surface area contributed by atoms with E-state index in [1.807, 2.05) is 0 Å². The molecule has 0 radical (unpaired) electrons. The lowest BCUT2D eigenvalue weighted by Gasteiger charge is -2.27. The lowest BCUT2D eigenvalue weighted by Crippen LogP contribution is -2.37. The minimum Gasteiger partial charge on any atom is -0.363 e. The van der Waals surface area contributed by atoms with E-state index in [1.54, 1.807) is 0 Å². The topological polar surface area (TPSA) is 106 Å². The van der Waals surface area contributed by atoms with Crippen molar-refractivity contribution < 1.29 is 22.0 Å². The molecule has 0 unspecified atom stereocenters. The van der Waals surface area contributed by atoms with E-state index in [0.29, 0.717) is 5.56 Å². The number of carbonyl (C=O) groups is 1. The molecule has 1 aliphatic heterocycles. The van der Waals surface area contributed by atoms with Crippen molar-refractivity contribution >= 4 is 15.9 Å². The van der Waals surface area contributed by atoms with Gasteiger partial charge in [0, 0.05) is 12.7 Å². The molecule has 0 aliphatic carbocycles. The van der Waals surface area contributed by atoms with Gasteiger partial charge in [0.1, 0.15) is 11.6 Å². The summed E-state index contributed by atoms with van der Waals surface area (Å²) in [6.07, 6.45) is 1.65. The van der Waals surface area contributed by atoms with Crippen LogP contribution in [0.2, 0.25) is 0 Å². The fourth-order valence-corrected chi connectivity index (χ4v) is 3.97. The molecule has 126 valence electrons. The van der Waals surface area contributed by atoms with E-state index in [-0.39, 0.29) is 31.0 Å². The number of hydrogen-bond acceptors (Lipinski definition) is 5. The van der Waals surface area contributed by atoms with E-state index >= 15 is 0 Å². The highest BCUT2D eigenvalue weighted by Gasteiger charge is 2.33. The molecule has 0 saturated carbocycles. The zero-order valence-corrected chi connectivity index (χ0v) is 13.1. The summed E-state index contributed by atoms with van der Waals surface area (Å²) < 4.78 is 53.7. The Kier molecular flexibility index (Phi) is 4.01. The minimum absolute atomic E-state index is 0.0163. The molecule has 0 atom stereocenters. The molecule has 1 aliphatic rings. The van der Waals surface area contributed by atoms with E-state index in [2.05, 4.69) is 9.97 Å². The first-order chi connectivity index (χ1) is 11.3. The Labute approximate surface area is 136 Å². The van der Waals surface area contributed by atoms with Gasteiger partial charge in [-0.05, 0) is 24.1 Å². The van der Waals surface area contributed by atoms with E-state index in [4.69, 9.17) is 5.73 Å². The standard InChI is InChI=1S/C14H12F2N4O3S/c15-9-2-1-3-10(16)12(9)24(22,23)20-5-4-8-6-18-14(13(17)21)19-11(8)7-20/h1-3,6H,4-5,7H2,(H2,17,21). The van der Waals surface area contributed by atoms with Gasteiger partial charge in [-0.3, -0.25) is 4.79 Å². The smallest absolute Gasteiger partial charge is 0.286 e. The highest BCUT2D eigenvalue weighted by Crippen LogP contribution is 2.27. The third-order valence-electron chi connectivity index (χ3n) is 3.65. The van der Waals surface area contributed by atoms with Gasteiger partial charge in [0.15, 0.2) is 4.90 Å². The van der Waals surface area contributed by atoms with Crippen LogP contribution in [0.1, 0.15) is 21.9 Å². The summed E-state index contributed by atoms with van der Waals surface area (Å²) in [5.41, 5.74) is 6.04.